The fraction of sp³-hybridized carbons (Fsp3) is 0.474. The van der Waals surface area contributed by atoms with Crippen molar-refractivity contribution in [3.63, 3.8) is 0 Å². The quantitative estimate of drug-likeness (QED) is 0.640. The Balaban J connectivity index is 1.45. The number of aryl methyl sites for hydroxylation is 1. The van der Waals surface area contributed by atoms with Crippen LogP contribution in [0.5, 0.6) is 0 Å². The van der Waals surface area contributed by atoms with Gasteiger partial charge >= 0.3 is 0 Å². The molecule has 1 N–H and O–H groups in total. The van der Waals surface area contributed by atoms with Crippen LogP contribution in [-0.2, 0) is 13.0 Å². The number of nitrogens with one attached hydrogen (secondary N) is 1. The van der Waals surface area contributed by atoms with Crippen molar-refractivity contribution in [2.45, 2.75) is 19.9 Å². The van der Waals surface area contributed by atoms with Crippen molar-refractivity contribution in [3.05, 3.63) is 52.9 Å². The van der Waals surface area contributed by atoms with Gasteiger partial charge in [-0.15, -0.1) is 0 Å². The van der Waals surface area contributed by atoms with Crippen molar-refractivity contribution in [3.8, 4) is 0 Å². The van der Waals surface area contributed by atoms with E-state index in [4.69, 9.17) is 4.52 Å². The number of hydrogen-bond donors (Lipinski definition) is 1. The highest BCUT2D eigenvalue weighted by molar-refractivity contribution is 5.80. The van der Waals surface area contributed by atoms with Crippen LogP contribution in [0.2, 0.25) is 0 Å². The van der Waals surface area contributed by atoms with E-state index in [1.807, 2.05) is 13.0 Å². The molecule has 0 unspecified atom stereocenters. The summed E-state index contributed by atoms with van der Waals surface area (Å²) >= 11 is 0. The van der Waals surface area contributed by atoms with Gasteiger partial charge in [-0.2, -0.15) is 0 Å². The van der Waals surface area contributed by atoms with Gasteiger partial charge in [0, 0.05) is 52.4 Å². The minimum absolute atomic E-state index is 0.366. The van der Waals surface area contributed by atoms with E-state index >= 15 is 0 Å². The number of piperazine rings is 1. The first-order valence-corrected chi connectivity index (χ1v) is 9.10. The lowest BCUT2D eigenvalue weighted by Gasteiger charge is -2.36. The Hall–Kier alpha value is -2.48. The predicted octanol–water partition coefficient (Wildman–Crippen LogP) is 2.20. The van der Waals surface area contributed by atoms with Gasteiger partial charge in [-0.05, 0) is 25.0 Å². The summed E-state index contributed by atoms with van der Waals surface area (Å²) < 4.78 is 32.1. The first kappa shape index (κ1) is 19.3. The summed E-state index contributed by atoms with van der Waals surface area (Å²) in [6.45, 7) is 6.62. The van der Waals surface area contributed by atoms with Crippen molar-refractivity contribution in [2.24, 2.45) is 4.99 Å². The van der Waals surface area contributed by atoms with Crippen molar-refractivity contribution in [1.82, 2.24) is 20.3 Å². The van der Waals surface area contributed by atoms with Crippen LogP contribution in [0.3, 0.4) is 0 Å². The molecule has 2 aromatic rings. The Morgan fingerprint density at radius 3 is 2.70 bits per heavy atom. The first-order chi connectivity index (χ1) is 13.1. The van der Waals surface area contributed by atoms with Gasteiger partial charge in [-0.1, -0.05) is 17.3 Å². The van der Waals surface area contributed by atoms with E-state index in [-0.39, 0.29) is 0 Å². The van der Waals surface area contributed by atoms with Gasteiger partial charge in [0.1, 0.15) is 5.76 Å². The molecule has 0 amide bonds. The fourth-order valence-electron chi connectivity index (χ4n) is 3.22. The molecule has 0 atom stereocenters. The van der Waals surface area contributed by atoms with Crippen molar-refractivity contribution >= 4 is 5.96 Å². The number of guanidine groups is 1. The second-order valence-corrected chi connectivity index (χ2v) is 6.63. The molecule has 1 aromatic carbocycles. The van der Waals surface area contributed by atoms with Crippen LogP contribution in [0.25, 0.3) is 0 Å². The van der Waals surface area contributed by atoms with Gasteiger partial charge in [-0.3, -0.25) is 9.89 Å². The SMILES string of the molecule is CN=C(NCCc1cccc(F)c1F)N1CCN(Cc2cc(C)on2)CC1. The topological polar surface area (TPSA) is 56.9 Å². The van der Waals surface area contributed by atoms with E-state index < -0.39 is 11.6 Å². The lowest BCUT2D eigenvalue weighted by Crippen LogP contribution is -2.52. The molecule has 1 saturated heterocycles. The van der Waals surface area contributed by atoms with Gasteiger partial charge in [0.05, 0.1) is 5.69 Å². The van der Waals surface area contributed by atoms with Gasteiger partial charge in [-0.25, -0.2) is 8.78 Å². The number of hydrogen-bond acceptors (Lipinski definition) is 4. The molecule has 1 aliphatic heterocycles. The number of rotatable bonds is 5. The average Bonchev–Trinajstić information content (AvgIpc) is 3.08. The van der Waals surface area contributed by atoms with E-state index in [9.17, 15) is 8.78 Å². The summed E-state index contributed by atoms with van der Waals surface area (Å²) in [5.74, 6) is 0.0213. The van der Waals surface area contributed by atoms with E-state index in [2.05, 4.69) is 25.3 Å². The van der Waals surface area contributed by atoms with Crippen LogP contribution in [0, 0.1) is 18.6 Å². The molecule has 6 nitrogen and oxygen atoms in total. The van der Waals surface area contributed by atoms with Crippen LogP contribution in [0.15, 0.2) is 33.8 Å². The van der Waals surface area contributed by atoms with Gasteiger partial charge in [0.25, 0.3) is 0 Å². The van der Waals surface area contributed by atoms with Gasteiger partial charge in [0.15, 0.2) is 17.6 Å². The van der Waals surface area contributed by atoms with Crippen LogP contribution in [0.4, 0.5) is 8.78 Å². The summed E-state index contributed by atoms with van der Waals surface area (Å²) in [6, 6.07) is 6.22. The summed E-state index contributed by atoms with van der Waals surface area (Å²) in [4.78, 5) is 8.81. The third-order valence-corrected chi connectivity index (χ3v) is 4.66. The maximum Gasteiger partial charge on any atom is 0.193 e. The lowest BCUT2D eigenvalue weighted by atomic mass is 10.1. The molecule has 146 valence electrons. The predicted molar refractivity (Wildman–Crippen MR) is 99.5 cm³/mol. The zero-order valence-corrected chi connectivity index (χ0v) is 15.7. The summed E-state index contributed by atoms with van der Waals surface area (Å²) in [6.07, 6.45) is 0.397. The van der Waals surface area contributed by atoms with Crippen molar-refractivity contribution in [1.29, 1.82) is 0 Å². The number of benzene rings is 1. The van der Waals surface area contributed by atoms with Gasteiger partial charge < -0.3 is 14.7 Å². The molecule has 0 aliphatic carbocycles. The second kappa shape index (κ2) is 8.94. The highest BCUT2D eigenvalue weighted by Crippen LogP contribution is 2.12. The van der Waals surface area contributed by atoms with Crippen molar-refractivity contribution in [2.75, 3.05) is 39.8 Å². The number of halogens is 2. The third-order valence-electron chi connectivity index (χ3n) is 4.66. The molecule has 2 heterocycles. The smallest absolute Gasteiger partial charge is 0.193 e. The molecule has 0 spiro atoms. The third kappa shape index (κ3) is 5.03. The number of nitrogens with zero attached hydrogens (tertiary/aromatic N) is 4. The maximum atomic E-state index is 13.7. The molecular formula is C19H25F2N5O. The molecule has 0 radical (unpaired) electrons. The summed E-state index contributed by atoms with van der Waals surface area (Å²) in [7, 11) is 1.73. The Morgan fingerprint density at radius 2 is 2.04 bits per heavy atom. The maximum absolute atomic E-state index is 13.7. The minimum atomic E-state index is -0.810. The molecular weight excluding hydrogens is 352 g/mol. The molecule has 1 aromatic heterocycles. The zero-order chi connectivity index (χ0) is 19.2. The van der Waals surface area contributed by atoms with Gasteiger partial charge in [0.2, 0.25) is 0 Å². The van der Waals surface area contributed by atoms with E-state index in [1.165, 1.54) is 6.07 Å². The lowest BCUT2D eigenvalue weighted by molar-refractivity contribution is 0.169. The standard InChI is InChI=1S/C19H25F2N5O/c1-14-12-16(24-27-14)13-25-8-10-26(11-9-25)19(22-2)23-7-6-15-4-3-5-17(20)18(15)21/h3-5,12H,6-11,13H2,1-2H3,(H,22,23). The molecule has 1 aliphatic rings. The fourth-order valence-corrected chi connectivity index (χ4v) is 3.22. The number of aliphatic imine (C=N–C) groups is 1. The zero-order valence-electron chi connectivity index (χ0n) is 15.7. The summed E-state index contributed by atoms with van der Waals surface area (Å²) in [5.41, 5.74) is 1.31. The molecule has 8 heteroatoms. The summed E-state index contributed by atoms with van der Waals surface area (Å²) in [5, 5.41) is 7.28. The van der Waals surface area contributed by atoms with Crippen LogP contribution < -0.4 is 5.32 Å². The molecule has 1 fully saturated rings. The Labute approximate surface area is 157 Å². The minimum Gasteiger partial charge on any atom is -0.361 e. The molecule has 0 bridgehead atoms. The Kier molecular flexibility index (Phi) is 6.39. The molecule has 27 heavy (non-hydrogen) atoms. The van der Waals surface area contributed by atoms with E-state index in [0.29, 0.717) is 18.5 Å². The Morgan fingerprint density at radius 1 is 1.26 bits per heavy atom. The highest BCUT2D eigenvalue weighted by Gasteiger charge is 2.20. The highest BCUT2D eigenvalue weighted by atomic mass is 19.2. The molecule has 3 rings (SSSR count). The first-order valence-electron chi connectivity index (χ1n) is 9.10. The van der Waals surface area contributed by atoms with E-state index in [0.717, 1.165) is 56.2 Å². The average molecular weight is 377 g/mol. The largest absolute Gasteiger partial charge is 0.361 e. The van der Waals surface area contributed by atoms with E-state index in [1.54, 1.807) is 13.1 Å². The number of aromatic nitrogens is 1. The van der Waals surface area contributed by atoms with Crippen LogP contribution >= 0.6 is 0 Å². The van der Waals surface area contributed by atoms with Crippen molar-refractivity contribution < 1.29 is 13.3 Å². The second-order valence-electron chi connectivity index (χ2n) is 6.63. The Bertz CT molecular complexity index is 784. The van der Waals surface area contributed by atoms with Crippen LogP contribution in [-0.4, -0.2) is 60.7 Å². The molecule has 0 saturated carbocycles. The monoisotopic (exact) mass is 377 g/mol. The van der Waals surface area contributed by atoms with Crippen LogP contribution in [0.1, 0.15) is 17.0 Å². The normalized spacial score (nSPS) is 16.0.